The summed E-state index contributed by atoms with van der Waals surface area (Å²) in [5.74, 6) is -0.298. The van der Waals surface area contributed by atoms with E-state index in [-0.39, 0.29) is 18.2 Å². The third-order valence-electron chi connectivity index (χ3n) is 3.36. The molecule has 5 heteroatoms. The van der Waals surface area contributed by atoms with Gasteiger partial charge in [-0.3, -0.25) is 4.79 Å². The van der Waals surface area contributed by atoms with E-state index in [1.807, 2.05) is 0 Å². The fourth-order valence-electron chi connectivity index (χ4n) is 2.24. The van der Waals surface area contributed by atoms with E-state index in [0.717, 1.165) is 32.1 Å². The zero-order valence-electron chi connectivity index (χ0n) is 11.4. The largest absolute Gasteiger partial charge is 0.461 e. The number of hydrogen-bond donors (Lipinski definition) is 1. The molecule has 5 nitrogen and oxygen atoms in total. The second kappa shape index (κ2) is 8.45. The lowest BCUT2D eigenvalue weighted by molar-refractivity contribution is -0.154. The van der Waals surface area contributed by atoms with Gasteiger partial charge < -0.3 is 19.9 Å². The highest BCUT2D eigenvalue weighted by Gasteiger charge is 2.26. The van der Waals surface area contributed by atoms with E-state index in [4.69, 9.17) is 19.9 Å². The van der Waals surface area contributed by atoms with Gasteiger partial charge in [-0.2, -0.15) is 0 Å². The molecule has 0 bridgehead atoms. The zero-order chi connectivity index (χ0) is 13.4. The van der Waals surface area contributed by atoms with Crippen molar-refractivity contribution >= 4 is 5.97 Å². The second-order valence-electron chi connectivity index (χ2n) is 4.82. The average Bonchev–Trinajstić information content (AvgIpc) is 2.39. The van der Waals surface area contributed by atoms with Crippen LogP contribution in [-0.4, -0.2) is 45.0 Å². The standard InChI is InChI=1S/C13H25NO4/c1-16-8-4-7-12(14)13(15)18-11-6-3-5-10(9-11)17-2/h10-12H,3-9,14H2,1-2H3. The minimum Gasteiger partial charge on any atom is -0.461 e. The predicted molar refractivity (Wildman–Crippen MR) is 68.2 cm³/mol. The van der Waals surface area contributed by atoms with Gasteiger partial charge in [-0.15, -0.1) is 0 Å². The lowest BCUT2D eigenvalue weighted by Crippen LogP contribution is -2.37. The highest BCUT2D eigenvalue weighted by Crippen LogP contribution is 2.23. The van der Waals surface area contributed by atoms with Crippen molar-refractivity contribution in [3.05, 3.63) is 0 Å². The Kier molecular flexibility index (Phi) is 7.23. The van der Waals surface area contributed by atoms with Crippen molar-refractivity contribution in [2.24, 2.45) is 5.73 Å². The molecular formula is C13H25NO4. The minimum atomic E-state index is -0.539. The van der Waals surface area contributed by atoms with Crippen LogP contribution in [0.25, 0.3) is 0 Å². The summed E-state index contributed by atoms with van der Waals surface area (Å²) >= 11 is 0. The van der Waals surface area contributed by atoms with Crippen molar-refractivity contribution in [2.45, 2.75) is 56.8 Å². The third-order valence-corrected chi connectivity index (χ3v) is 3.36. The number of nitrogens with two attached hydrogens (primary N) is 1. The van der Waals surface area contributed by atoms with Crippen molar-refractivity contribution in [3.63, 3.8) is 0 Å². The van der Waals surface area contributed by atoms with Gasteiger partial charge in [0.1, 0.15) is 12.1 Å². The summed E-state index contributed by atoms with van der Waals surface area (Å²) in [7, 11) is 3.34. The molecule has 0 amide bonds. The van der Waals surface area contributed by atoms with E-state index in [2.05, 4.69) is 0 Å². The average molecular weight is 259 g/mol. The fraction of sp³-hybridized carbons (Fsp3) is 0.923. The van der Waals surface area contributed by atoms with Gasteiger partial charge >= 0.3 is 5.97 Å². The van der Waals surface area contributed by atoms with Crippen molar-refractivity contribution in [1.82, 2.24) is 0 Å². The molecular weight excluding hydrogens is 234 g/mol. The van der Waals surface area contributed by atoms with Gasteiger partial charge in [0, 0.05) is 27.2 Å². The molecule has 0 aromatic carbocycles. The molecule has 0 radical (unpaired) electrons. The number of carbonyl (C=O) groups excluding carboxylic acids is 1. The quantitative estimate of drug-likeness (QED) is 0.550. The molecule has 0 saturated heterocycles. The first-order chi connectivity index (χ1) is 8.67. The van der Waals surface area contributed by atoms with E-state index in [9.17, 15) is 4.79 Å². The van der Waals surface area contributed by atoms with Crippen LogP contribution >= 0.6 is 0 Å². The smallest absolute Gasteiger partial charge is 0.323 e. The van der Waals surface area contributed by atoms with Gasteiger partial charge in [0.15, 0.2) is 0 Å². The minimum absolute atomic E-state index is 0.0373. The first kappa shape index (κ1) is 15.4. The summed E-state index contributed by atoms with van der Waals surface area (Å²) in [6.07, 6.45) is 5.33. The Morgan fingerprint density at radius 1 is 1.33 bits per heavy atom. The Hall–Kier alpha value is -0.650. The van der Waals surface area contributed by atoms with Crippen LogP contribution < -0.4 is 5.73 Å². The van der Waals surface area contributed by atoms with Gasteiger partial charge in [-0.25, -0.2) is 0 Å². The number of hydrogen-bond acceptors (Lipinski definition) is 5. The number of rotatable bonds is 7. The summed E-state index contributed by atoms with van der Waals surface area (Å²) in [4.78, 5) is 11.8. The third kappa shape index (κ3) is 5.33. The van der Waals surface area contributed by atoms with Gasteiger partial charge in [0.05, 0.1) is 6.10 Å². The molecule has 0 spiro atoms. The Balaban J connectivity index is 2.25. The number of esters is 1. The van der Waals surface area contributed by atoms with E-state index in [0.29, 0.717) is 13.0 Å². The fourth-order valence-corrected chi connectivity index (χ4v) is 2.24. The zero-order valence-corrected chi connectivity index (χ0v) is 11.4. The molecule has 0 heterocycles. The number of methoxy groups -OCH3 is 2. The molecule has 3 unspecified atom stereocenters. The highest BCUT2D eigenvalue weighted by molar-refractivity contribution is 5.75. The van der Waals surface area contributed by atoms with Crippen LogP contribution in [0.4, 0.5) is 0 Å². The lowest BCUT2D eigenvalue weighted by atomic mass is 9.95. The summed E-state index contributed by atoms with van der Waals surface area (Å²) < 4.78 is 15.7. The van der Waals surface area contributed by atoms with E-state index < -0.39 is 6.04 Å². The van der Waals surface area contributed by atoms with Crippen LogP contribution in [0, 0.1) is 0 Å². The second-order valence-corrected chi connectivity index (χ2v) is 4.82. The van der Waals surface area contributed by atoms with Gasteiger partial charge in [-0.1, -0.05) is 0 Å². The van der Waals surface area contributed by atoms with E-state index in [1.165, 1.54) is 0 Å². The molecule has 1 aliphatic rings. The predicted octanol–water partition coefficient (Wildman–Crippen LogP) is 1.24. The Bertz CT molecular complexity index is 247. The summed E-state index contributed by atoms with van der Waals surface area (Å²) in [5.41, 5.74) is 5.78. The molecule has 0 aliphatic heterocycles. The summed E-state index contributed by atoms with van der Waals surface area (Å²) in [6.45, 7) is 0.621. The molecule has 0 aromatic rings. The molecule has 18 heavy (non-hydrogen) atoms. The van der Waals surface area contributed by atoms with Crippen molar-refractivity contribution in [1.29, 1.82) is 0 Å². The van der Waals surface area contributed by atoms with Crippen LogP contribution in [0.3, 0.4) is 0 Å². The van der Waals surface area contributed by atoms with Crippen molar-refractivity contribution in [3.8, 4) is 0 Å². The van der Waals surface area contributed by atoms with Crippen LogP contribution in [0.5, 0.6) is 0 Å². The topological polar surface area (TPSA) is 70.8 Å². The molecule has 1 saturated carbocycles. The maximum absolute atomic E-state index is 11.8. The molecule has 1 aliphatic carbocycles. The summed E-state index contributed by atoms with van der Waals surface area (Å²) in [5, 5.41) is 0. The van der Waals surface area contributed by atoms with Crippen LogP contribution in [0.15, 0.2) is 0 Å². The van der Waals surface area contributed by atoms with Gasteiger partial charge in [-0.05, 0) is 32.1 Å². The van der Waals surface area contributed by atoms with Crippen LogP contribution in [-0.2, 0) is 19.0 Å². The monoisotopic (exact) mass is 259 g/mol. The van der Waals surface area contributed by atoms with Gasteiger partial charge in [0.25, 0.3) is 0 Å². The molecule has 3 atom stereocenters. The highest BCUT2D eigenvalue weighted by atomic mass is 16.5. The lowest BCUT2D eigenvalue weighted by Gasteiger charge is -2.28. The Morgan fingerprint density at radius 3 is 2.72 bits per heavy atom. The Labute approximate surface area is 109 Å². The maximum atomic E-state index is 11.8. The molecule has 1 fully saturated rings. The maximum Gasteiger partial charge on any atom is 0.323 e. The van der Waals surface area contributed by atoms with Crippen LogP contribution in [0.2, 0.25) is 0 Å². The van der Waals surface area contributed by atoms with Gasteiger partial charge in [0.2, 0.25) is 0 Å². The van der Waals surface area contributed by atoms with Crippen molar-refractivity contribution in [2.75, 3.05) is 20.8 Å². The van der Waals surface area contributed by atoms with Crippen molar-refractivity contribution < 1.29 is 19.0 Å². The molecule has 1 rings (SSSR count). The first-order valence-corrected chi connectivity index (χ1v) is 6.65. The normalized spacial score (nSPS) is 25.7. The number of carbonyl (C=O) groups is 1. The van der Waals surface area contributed by atoms with E-state index >= 15 is 0 Å². The summed E-state index contributed by atoms with van der Waals surface area (Å²) in [6, 6.07) is -0.539. The van der Waals surface area contributed by atoms with E-state index in [1.54, 1.807) is 14.2 Å². The molecule has 106 valence electrons. The van der Waals surface area contributed by atoms with Crippen LogP contribution in [0.1, 0.15) is 38.5 Å². The Morgan fingerprint density at radius 2 is 2.06 bits per heavy atom. The first-order valence-electron chi connectivity index (χ1n) is 6.65. The molecule has 0 aromatic heterocycles. The SMILES string of the molecule is COCCCC(N)C(=O)OC1CCCC(OC)C1. The number of ether oxygens (including phenoxy) is 3. The molecule has 2 N–H and O–H groups in total.